The summed E-state index contributed by atoms with van der Waals surface area (Å²) >= 11 is 3.23. The van der Waals surface area contributed by atoms with E-state index < -0.39 is 0 Å². The van der Waals surface area contributed by atoms with Crippen LogP contribution >= 0.6 is 28.3 Å². The second-order valence-corrected chi connectivity index (χ2v) is 4.00. The van der Waals surface area contributed by atoms with Gasteiger partial charge in [-0.25, -0.2) is 0 Å². The molecule has 0 radical (unpaired) electrons. The minimum atomic E-state index is -0.223. The van der Waals surface area contributed by atoms with Gasteiger partial charge in [-0.2, -0.15) is 0 Å². The van der Waals surface area contributed by atoms with Crippen molar-refractivity contribution in [3.05, 3.63) is 28.2 Å². The Morgan fingerprint density at radius 3 is 2.67 bits per heavy atom. The predicted octanol–water partition coefficient (Wildman–Crippen LogP) is 2.35. The van der Waals surface area contributed by atoms with Crippen LogP contribution in [-0.2, 0) is 0 Å². The second-order valence-electron chi connectivity index (χ2n) is 3.15. The standard InChI is InChI=1S/C10H14BrNO2.ClH/c11-8-4-1-3-7(10(8)14)9(12)5-2-6-13;/h1,3-4,9,13-14H,2,5-6,12H2;1H/t9-;/m0./s1. The van der Waals surface area contributed by atoms with Crippen LogP contribution in [0.25, 0.3) is 0 Å². The van der Waals surface area contributed by atoms with Crippen LogP contribution in [0.5, 0.6) is 5.75 Å². The number of benzene rings is 1. The van der Waals surface area contributed by atoms with E-state index >= 15 is 0 Å². The average Bonchev–Trinajstić information content (AvgIpc) is 2.18. The molecule has 1 aromatic rings. The highest BCUT2D eigenvalue weighted by Crippen LogP contribution is 2.32. The number of phenols is 1. The highest BCUT2D eigenvalue weighted by atomic mass is 79.9. The largest absolute Gasteiger partial charge is 0.506 e. The number of rotatable bonds is 4. The fourth-order valence-corrected chi connectivity index (χ4v) is 1.68. The van der Waals surface area contributed by atoms with Gasteiger partial charge < -0.3 is 15.9 Å². The van der Waals surface area contributed by atoms with Crippen LogP contribution in [0.4, 0.5) is 0 Å². The van der Waals surface area contributed by atoms with Gasteiger partial charge in [0.15, 0.2) is 0 Å². The quantitative estimate of drug-likeness (QED) is 0.799. The molecule has 0 heterocycles. The van der Waals surface area contributed by atoms with E-state index in [-0.39, 0.29) is 30.8 Å². The van der Waals surface area contributed by atoms with Gasteiger partial charge in [0.2, 0.25) is 0 Å². The molecular formula is C10H15BrClNO2. The monoisotopic (exact) mass is 295 g/mol. The number of hydrogen-bond donors (Lipinski definition) is 3. The van der Waals surface area contributed by atoms with Crippen LogP contribution in [0, 0.1) is 0 Å². The molecule has 1 rings (SSSR count). The Kier molecular flexibility index (Phi) is 6.92. The molecule has 0 aliphatic heterocycles. The van der Waals surface area contributed by atoms with Gasteiger partial charge in [0.1, 0.15) is 5.75 Å². The minimum Gasteiger partial charge on any atom is -0.506 e. The van der Waals surface area contributed by atoms with Gasteiger partial charge in [0, 0.05) is 18.2 Å². The lowest BCUT2D eigenvalue weighted by molar-refractivity contribution is 0.279. The van der Waals surface area contributed by atoms with E-state index in [1.54, 1.807) is 12.1 Å². The van der Waals surface area contributed by atoms with Gasteiger partial charge in [-0.15, -0.1) is 12.4 Å². The molecule has 0 saturated carbocycles. The summed E-state index contributed by atoms with van der Waals surface area (Å²) < 4.78 is 0.648. The maximum Gasteiger partial charge on any atom is 0.134 e. The molecule has 0 spiro atoms. The fraction of sp³-hybridized carbons (Fsp3) is 0.400. The molecule has 3 nitrogen and oxygen atoms in total. The summed E-state index contributed by atoms with van der Waals surface area (Å²) in [5.41, 5.74) is 6.57. The van der Waals surface area contributed by atoms with E-state index in [4.69, 9.17) is 10.8 Å². The highest BCUT2D eigenvalue weighted by Gasteiger charge is 2.11. The maximum absolute atomic E-state index is 9.68. The third kappa shape index (κ3) is 3.99. The number of halogens is 2. The molecule has 5 heteroatoms. The fourth-order valence-electron chi connectivity index (χ4n) is 1.30. The lowest BCUT2D eigenvalue weighted by Crippen LogP contribution is -2.11. The molecule has 86 valence electrons. The number of aliphatic hydroxyl groups excluding tert-OH is 1. The van der Waals surface area contributed by atoms with Crippen molar-refractivity contribution in [2.75, 3.05) is 6.61 Å². The van der Waals surface area contributed by atoms with Gasteiger partial charge in [0.25, 0.3) is 0 Å². The summed E-state index contributed by atoms with van der Waals surface area (Å²) in [5, 5.41) is 18.3. The number of para-hydroxylation sites is 1. The SMILES string of the molecule is Cl.N[C@@H](CCCO)c1cccc(Br)c1O. The summed E-state index contributed by atoms with van der Waals surface area (Å²) in [5.74, 6) is 0.193. The molecule has 0 aromatic heterocycles. The van der Waals surface area contributed by atoms with E-state index in [1.165, 1.54) is 0 Å². The molecule has 0 saturated heterocycles. The second kappa shape index (κ2) is 7.06. The highest BCUT2D eigenvalue weighted by molar-refractivity contribution is 9.10. The number of aliphatic hydroxyl groups is 1. The molecule has 0 aliphatic rings. The normalized spacial score (nSPS) is 11.9. The summed E-state index contributed by atoms with van der Waals surface area (Å²) in [7, 11) is 0. The van der Waals surface area contributed by atoms with Crippen molar-refractivity contribution >= 4 is 28.3 Å². The van der Waals surface area contributed by atoms with Crippen LogP contribution in [0.15, 0.2) is 22.7 Å². The topological polar surface area (TPSA) is 66.5 Å². The first-order chi connectivity index (χ1) is 6.66. The molecule has 0 unspecified atom stereocenters. The zero-order valence-electron chi connectivity index (χ0n) is 8.19. The molecule has 0 aliphatic carbocycles. The zero-order chi connectivity index (χ0) is 10.6. The molecular weight excluding hydrogens is 281 g/mol. The van der Waals surface area contributed by atoms with Crippen molar-refractivity contribution < 1.29 is 10.2 Å². The smallest absolute Gasteiger partial charge is 0.134 e. The van der Waals surface area contributed by atoms with E-state index in [2.05, 4.69) is 15.9 Å². The maximum atomic E-state index is 9.68. The van der Waals surface area contributed by atoms with Crippen molar-refractivity contribution in [2.24, 2.45) is 5.73 Å². The van der Waals surface area contributed by atoms with Crippen molar-refractivity contribution in [1.82, 2.24) is 0 Å². The number of phenolic OH excluding ortho intramolecular Hbond substituents is 1. The van der Waals surface area contributed by atoms with Crippen molar-refractivity contribution in [1.29, 1.82) is 0 Å². The Morgan fingerprint density at radius 1 is 1.40 bits per heavy atom. The number of hydrogen-bond acceptors (Lipinski definition) is 3. The van der Waals surface area contributed by atoms with Crippen LogP contribution < -0.4 is 5.73 Å². The first-order valence-corrected chi connectivity index (χ1v) is 5.30. The molecule has 1 atom stereocenters. The van der Waals surface area contributed by atoms with Gasteiger partial charge >= 0.3 is 0 Å². The van der Waals surface area contributed by atoms with Crippen LogP contribution in [0.1, 0.15) is 24.4 Å². The lowest BCUT2D eigenvalue weighted by atomic mass is 10.0. The van der Waals surface area contributed by atoms with E-state index in [9.17, 15) is 5.11 Å². The number of nitrogens with two attached hydrogens (primary N) is 1. The van der Waals surface area contributed by atoms with E-state index in [0.717, 1.165) is 0 Å². The van der Waals surface area contributed by atoms with Crippen molar-refractivity contribution in [3.63, 3.8) is 0 Å². The predicted molar refractivity (Wildman–Crippen MR) is 66.3 cm³/mol. The number of aromatic hydroxyl groups is 1. The summed E-state index contributed by atoms with van der Waals surface area (Å²) in [6.45, 7) is 0.127. The average molecular weight is 297 g/mol. The third-order valence-corrected chi connectivity index (χ3v) is 2.73. The van der Waals surface area contributed by atoms with Crippen LogP contribution in [0.2, 0.25) is 0 Å². The summed E-state index contributed by atoms with van der Waals surface area (Å²) in [6, 6.07) is 5.16. The van der Waals surface area contributed by atoms with Gasteiger partial charge in [-0.05, 0) is 34.8 Å². The van der Waals surface area contributed by atoms with Gasteiger partial charge in [-0.1, -0.05) is 12.1 Å². The van der Waals surface area contributed by atoms with Crippen molar-refractivity contribution in [2.45, 2.75) is 18.9 Å². The summed E-state index contributed by atoms with van der Waals surface area (Å²) in [4.78, 5) is 0. The van der Waals surface area contributed by atoms with Crippen LogP contribution in [0.3, 0.4) is 0 Å². The Hall–Kier alpha value is -0.290. The molecule has 0 amide bonds. The third-order valence-electron chi connectivity index (χ3n) is 2.09. The zero-order valence-corrected chi connectivity index (χ0v) is 10.6. The van der Waals surface area contributed by atoms with E-state index in [0.29, 0.717) is 22.9 Å². The van der Waals surface area contributed by atoms with Crippen molar-refractivity contribution in [3.8, 4) is 5.75 Å². The molecule has 1 aromatic carbocycles. The Balaban J connectivity index is 0.00000196. The molecule has 15 heavy (non-hydrogen) atoms. The lowest BCUT2D eigenvalue weighted by Gasteiger charge is -2.13. The Bertz CT molecular complexity index is 309. The van der Waals surface area contributed by atoms with Crippen LogP contribution in [-0.4, -0.2) is 16.8 Å². The first-order valence-electron chi connectivity index (χ1n) is 4.50. The molecule has 4 N–H and O–H groups in total. The summed E-state index contributed by atoms with van der Waals surface area (Å²) in [6.07, 6.45) is 1.31. The molecule has 0 bridgehead atoms. The van der Waals surface area contributed by atoms with E-state index in [1.807, 2.05) is 6.07 Å². The first kappa shape index (κ1) is 14.7. The van der Waals surface area contributed by atoms with Gasteiger partial charge in [-0.3, -0.25) is 0 Å². The van der Waals surface area contributed by atoms with Gasteiger partial charge in [0.05, 0.1) is 4.47 Å². The molecule has 0 fully saturated rings. The Labute approximate surface area is 104 Å². The minimum absolute atomic E-state index is 0. The Morgan fingerprint density at radius 2 is 2.07 bits per heavy atom.